The zero-order valence-corrected chi connectivity index (χ0v) is 9.65. The second-order valence-corrected chi connectivity index (χ2v) is 4.68. The van der Waals surface area contributed by atoms with Gasteiger partial charge in [0.15, 0.2) is 11.0 Å². The quantitative estimate of drug-likeness (QED) is 0.611. The highest BCUT2D eigenvalue weighted by atomic mass is 16.6. The minimum Gasteiger partial charge on any atom is -0.397 e. The van der Waals surface area contributed by atoms with Gasteiger partial charge in [0, 0.05) is 6.54 Å². The van der Waals surface area contributed by atoms with Gasteiger partial charge in [0.1, 0.15) is 0 Å². The lowest BCUT2D eigenvalue weighted by Crippen LogP contribution is -2.02. The molecule has 1 aliphatic rings. The summed E-state index contributed by atoms with van der Waals surface area (Å²) in [6.07, 6.45) is 5.35. The van der Waals surface area contributed by atoms with Crippen LogP contribution in [0.3, 0.4) is 0 Å². The van der Waals surface area contributed by atoms with Gasteiger partial charge in [-0.3, -0.25) is 0 Å². The molecule has 0 unspecified atom stereocenters. The summed E-state index contributed by atoms with van der Waals surface area (Å²) >= 11 is 0. The number of anilines is 2. The number of nitrogen functional groups attached to an aromatic ring is 1. The number of aromatic nitrogens is 2. The summed E-state index contributed by atoms with van der Waals surface area (Å²) in [6, 6.07) is 3.76. The number of benzene rings is 1. The van der Waals surface area contributed by atoms with Crippen LogP contribution in [0.4, 0.5) is 11.4 Å². The van der Waals surface area contributed by atoms with Crippen LogP contribution in [-0.4, -0.2) is 16.9 Å². The first kappa shape index (κ1) is 10.4. The number of nitrogens with zero attached hydrogens (tertiary/aromatic N) is 2. The molecule has 0 bridgehead atoms. The molecule has 1 heterocycles. The molecule has 3 rings (SSSR count). The van der Waals surface area contributed by atoms with Crippen molar-refractivity contribution < 1.29 is 4.63 Å². The third-order valence-corrected chi connectivity index (χ3v) is 3.25. The molecule has 0 aliphatic heterocycles. The van der Waals surface area contributed by atoms with Crippen LogP contribution in [0.25, 0.3) is 11.0 Å². The first-order valence-electron chi connectivity index (χ1n) is 6.09. The van der Waals surface area contributed by atoms with E-state index in [4.69, 9.17) is 10.4 Å². The zero-order chi connectivity index (χ0) is 11.7. The van der Waals surface area contributed by atoms with Gasteiger partial charge in [0.05, 0.1) is 11.4 Å². The largest absolute Gasteiger partial charge is 0.397 e. The molecule has 1 aromatic carbocycles. The number of hydrogen-bond donors (Lipinski definition) is 2. The van der Waals surface area contributed by atoms with Crippen LogP contribution >= 0.6 is 0 Å². The highest BCUT2D eigenvalue weighted by Gasteiger charge is 2.20. The lowest BCUT2D eigenvalue weighted by atomic mass is 10.2. The Morgan fingerprint density at radius 2 is 2.12 bits per heavy atom. The van der Waals surface area contributed by atoms with E-state index in [9.17, 15) is 0 Å². The summed E-state index contributed by atoms with van der Waals surface area (Å²) in [5.41, 5.74) is 8.69. The van der Waals surface area contributed by atoms with Crippen LogP contribution in [0.1, 0.15) is 25.7 Å². The van der Waals surface area contributed by atoms with Crippen molar-refractivity contribution in [3.63, 3.8) is 0 Å². The van der Waals surface area contributed by atoms with Crippen molar-refractivity contribution in [1.82, 2.24) is 10.3 Å². The number of hydrogen-bond acceptors (Lipinski definition) is 5. The SMILES string of the molecule is Nc1ccc(NCCCC2CC2)c2nonc12. The second kappa shape index (κ2) is 4.24. The molecular formula is C12H16N4O. The van der Waals surface area contributed by atoms with Gasteiger partial charge < -0.3 is 11.1 Å². The lowest BCUT2D eigenvalue weighted by Gasteiger charge is -2.06. The van der Waals surface area contributed by atoms with Gasteiger partial charge >= 0.3 is 0 Å². The Bertz CT molecular complexity index is 518. The molecule has 5 heteroatoms. The molecule has 0 radical (unpaired) electrons. The average molecular weight is 232 g/mol. The van der Waals surface area contributed by atoms with Crippen molar-refractivity contribution in [3.8, 4) is 0 Å². The van der Waals surface area contributed by atoms with Crippen molar-refractivity contribution in [3.05, 3.63) is 12.1 Å². The number of rotatable bonds is 5. The molecule has 1 aliphatic carbocycles. The standard InChI is InChI=1S/C12H16N4O/c13-9-5-6-10(12-11(9)15-17-16-12)14-7-1-2-8-3-4-8/h5-6,8,14H,1-4,7,13H2. The predicted molar refractivity (Wildman–Crippen MR) is 66.7 cm³/mol. The van der Waals surface area contributed by atoms with Gasteiger partial charge in [-0.15, -0.1) is 0 Å². The van der Waals surface area contributed by atoms with E-state index in [1.807, 2.05) is 12.1 Å². The Labute approximate surface area is 99.3 Å². The van der Waals surface area contributed by atoms with Gasteiger partial charge in [-0.2, -0.15) is 0 Å². The summed E-state index contributed by atoms with van der Waals surface area (Å²) in [4.78, 5) is 0. The van der Waals surface area contributed by atoms with Gasteiger partial charge in [-0.05, 0) is 41.2 Å². The van der Waals surface area contributed by atoms with E-state index >= 15 is 0 Å². The molecule has 1 fully saturated rings. The fraction of sp³-hybridized carbons (Fsp3) is 0.500. The second-order valence-electron chi connectivity index (χ2n) is 4.68. The van der Waals surface area contributed by atoms with Crippen molar-refractivity contribution in [1.29, 1.82) is 0 Å². The van der Waals surface area contributed by atoms with E-state index in [0.717, 1.165) is 23.7 Å². The molecular weight excluding hydrogens is 216 g/mol. The molecule has 0 saturated heterocycles. The van der Waals surface area contributed by atoms with Crippen LogP contribution in [0, 0.1) is 5.92 Å². The van der Waals surface area contributed by atoms with Crippen molar-refractivity contribution >= 4 is 22.4 Å². The summed E-state index contributed by atoms with van der Waals surface area (Å²) in [5, 5.41) is 11.0. The lowest BCUT2D eigenvalue weighted by molar-refractivity contribution is 0.316. The highest BCUT2D eigenvalue weighted by Crippen LogP contribution is 2.33. The van der Waals surface area contributed by atoms with Crippen LogP contribution in [0.15, 0.2) is 16.8 Å². The van der Waals surface area contributed by atoms with E-state index in [0.29, 0.717) is 11.2 Å². The van der Waals surface area contributed by atoms with E-state index in [1.54, 1.807) is 0 Å². The topological polar surface area (TPSA) is 77.0 Å². The van der Waals surface area contributed by atoms with Crippen LogP contribution in [0.2, 0.25) is 0 Å². The predicted octanol–water partition coefficient (Wildman–Crippen LogP) is 2.41. The average Bonchev–Trinajstić information content (AvgIpc) is 3.01. The van der Waals surface area contributed by atoms with Crippen molar-refractivity contribution in [2.45, 2.75) is 25.7 Å². The minimum atomic E-state index is 0.602. The molecule has 2 aromatic rings. The Kier molecular flexibility index (Phi) is 2.59. The Balaban J connectivity index is 1.67. The maximum Gasteiger partial charge on any atom is 0.160 e. The van der Waals surface area contributed by atoms with E-state index < -0.39 is 0 Å². The smallest absolute Gasteiger partial charge is 0.160 e. The first-order chi connectivity index (χ1) is 8.34. The maximum absolute atomic E-state index is 5.78. The van der Waals surface area contributed by atoms with Gasteiger partial charge in [0.25, 0.3) is 0 Å². The van der Waals surface area contributed by atoms with Crippen molar-refractivity contribution in [2.24, 2.45) is 5.92 Å². The summed E-state index contributed by atoms with van der Waals surface area (Å²) in [5.74, 6) is 0.983. The van der Waals surface area contributed by atoms with Gasteiger partial charge in [-0.1, -0.05) is 12.8 Å². The molecule has 17 heavy (non-hydrogen) atoms. The van der Waals surface area contributed by atoms with Crippen molar-refractivity contribution in [2.75, 3.05) is 17.6 Å². The molecule has 3 N–H and O–H groups in total. The molecule has 0 spiro atoms. The normalized spacial score (nSPS) is 15.3. The van der Waals surface area contributed by atoms with Gasteiger partial charge in [-0.25, -0.2) is 4.63 Å². The fourth-order valence-corrected chi connectivity index (χ4v) is 2.05. The van der Waals surface area contributed by atoms with Crippen LogP contribution in [-0.2, 0) is 0 Å². The van der Waals surface area contributed by atoms with Crippen LogP contribution < -0.4 is 11.1 Å². The third kappa shape index (κ3) is 2.18. The number of nitrogens with one attached hydrogen (secondary N) is 1. The molecule has 0 amide bonds. The Hall–Kier alpha value is -1.78. The van der Waals surface area contributed by atoms with Crippen LogP contribution in [0.5, 0.6) is 0 Å². The molecule has 5 nitrogen and oxygen atoms in total. The van der Waals surface area contributed by atoms with E-state index in [1.165, 1.54) is 25.7 Å². The first-order valence-corrected chi connectivity index (χ1v) is 6.09. The summed E-state index contributed by atoms with van der Waals surface area (Å²) in [7, 11) is 0. The van der Waals surface area contributed by atoms with Gasteiger partial charge in [0.2, 0.25) is 0 Å². The highest BCUT2D eigenvalue weighted by molar-refractivity contribution is 5.94. The summed E-state index contributed by atoms with van der Waals surface area (Å²) < 4.78 is 4.72. The Morgan fingerprint density at radius 3 is 2.94 bits per heavy atom. The molecule has 1 aromatic heterocycles. The monoisotopic (exact) mass is 232 g/mol. The summed E-state index contributed by atoms with van der Waals surface area (Å²) in [6.45, 7) is 0.961. The molecule has 0 atom stereocenters. The zero-order valence-electron chi connectivity index (χ0n) is 9.65. The third-order valence-electron chi connectivity index (χ3n) is 3.25. The Morgan fingerprint density at radius 1 is 1.29 bits per heavy atom. The van der Waals surface area contributed by atoms with E-state index in [2.05, 4.69) is 15.6 Å². The number of fused-ring (bicyclic) bond motifs is 1. The maximum atomic E-state index is 5.78. The number of nitrogens with two attached hydrogens (primary N) is 1. The van der Waals surface area contributed by atoms with E-state index in [-0.39, 0.29) is 0 Å². The molecule has 1 saturated carbocycles. The fourth-order valence-electron chi connectivity index (χ4n) is 2.05. The molecule has 90 valence electrons. The minimum absolute atomic E-state index is 0.602.